The summed E-state index contributed by atoms with van der Waals surface area (Å²) in [5.74, 6) is -2.56. The summed E-state index contributed by atoms with van der Waals surface area (Å²) in [6.45, 7) is 8.39. The van der Waals surface area contributed by atoms with Gasteiger partial charge in [0.1, 0.15) is 6.73 Å². The van der Waals surface area contributed by atoms with E-state index in [2.05, 4.69) is 32.9 Å². The Bertz CT molecular complexity index is 1130. The van der Waals surface area contributed by atoms with Gasteiger partial charge in [-0.05, 0) is 49.2 Å². The highest BCUT2D eigenvalue weighted by atomic mass is 19.3. The van der Waals surface area contributed by atoms with Crippen LogP contribution in [0.5, 0.6) is 0 Å². The van der Waals surface area contributed by atoms with Gasteiger partial charge in [-0.25, -0.2) is 18.7 Å². The fraction of sp³-hybridized carbons (Fsp3) is 0.240. The predicted octanol–water partition coefficient (Wildman–Crippen LogP) is 5.68. The van der Waals surface area contributed by atoms with Gasteiger partial charge in [0.15, 0.2) is 0 Å². The average Bonchev–Trinajstić information content (AvgIpc) is 2.78. The summed E-state index contributed by atoms with van der Waals surface area (Å²) in [7, 11) is 0. The maximum atomic E-state index is 13.7. The van der Waals surface area contributed by atoms with Crippen molar-refractivity contribution in [1.29, 1.82) is 0 Å². The zero-order valence-corrected chi connectivity index (χ0v) is 18.3. The highest BCUT2D eigenvalue weighted by Gasteiger charge is 2.28. The van der Waals surface area contributed by atoms with Gasteiger partial charge in [0.25, 0.3) is 5.92 Å². The van der Waals surface area contributed by atoms with Crippen LogP contribution in [0.3, 0.4) is 0 Å². The highest BCUT2D eigenvalue weighted by molar-refractivity contribution is 5.67. The molecule has 0 unspecified atom stereocenters. The number of hydrogen-bond donors (Lipinski definition) is 3. The minimum absolute atomic E-state index is 0.0178. The molecule has 0 fully saturated rings. The first kappa shape index (κ1) is 23.1. The van der Waals surface area contributed by atoms with Gasteiger partial charge in [0.2, 0.25) is 5.95 Å². The van der Waals surface area contributed by atoms with Crippen LogP contribution in [0.25, 0.3) is 11.1 Å². The molecule has 5 nitrogen and oxygen atoms in total. The monoisotopic (exact) mass is 436 g/mol. The molecule has 2 aromatic carbocycles. The molecule has 3 aromatic rings. The number of aliphatic hydroxyl groups excluding tert-OH is 1. The molecule has 1 aromatic heterocycles. The third-order valence-corrected chi connectivity index (χ3v) is 5.19. The van der Waals surface area contributed by atoms with Crippen molar-refractivity contribution in [2.45, 2.75) is 32.1 Å². The first-order chi connectivity index (χ1) is 15.1. The van der Waals surface area contributed by atoms with Crippen LogP contribution in [0.2, 0.25) is 0 Å². The maximum absolute atomic E-state index is 13.7. The maximum Gasteiger partial charge on any atom is 0.270 e. The Balaban J connectivity index is 1.82. The summed E-state index contributed by atoms with van der Waals surface area (Å²) in [6, 6.07) is 15.7. The third-order valence-electron chi connectivity index (χ3n) is 5.19. The van der Waals surface area contributed by atoms with Gasteiger partial charge in [-0.3, -0.25) is 0 Å². The molecule has 0 saturated carbocycles. The number of aliphatic hydroxyl groups is 1. The second-order valence-electron chi connectivity index (χ2n) is 7.95. The summed E-state index contributed by atoms with van der Waals surface area (Å²) in [4.78, 5) is 8.53. The van der Waals surface area contributed by atoms with Crippen molar-refractivity contribution >= 4 is 11.6 Å². The Hall–Kier alpha value is -3.54. The summed E-state index contributed by atoms with van der Waals surface area (Å²) in [5, 5.41) is 15.1. The molecule has 0 aliphatic rings. The van der Waals surface area contributed by atoms with E-state index in [1.165, 1.54) is 12.1 Å². The van der Waals surface area contributed by atoms with Crippen molar-refractivity contribution in [3.63, 3.8) is 0 Å². The van der Waals surface area contributed by atoms with Gasteiger partial charge < -0.3 is 15.7 Å². The standard InChI is InChI=1S/C25H26F2N4O/c1-5-21(24(2,3)22-13-14-28-23(31-22)29-16-32)30-20-11-9-17(10-12-20)18-7-6-8-19(15-18)25(4,26)27/h6-15,30,32H,1,16H2,2-4H3,(H,28,29,31). The van der Waals surface area contributed by atoms with Crippen molar-refractivity contribution < 1.29 is 13.9 Å². The highest BCUT2D eigenvalue weighted by Crippen LogP contribution is 2.33. The Morgan fingerprint density at radius 1 is 1.06 bits per heavy atom. The average molecular weight is 437 g/mol. The number of hydrogen-bond acceptors (Lipinski definition) is 5. The van der Waals surface area contributed by atoms with Crippen LogP contribution in [0.1, 0.15) is 32.0 Å². The first-order valence-electron chi connectivity index (χ1n) is 10.1. The lowest BCUT2D eigenvalue weighted by molar-refractivity contribution is 0.0175. The van der Waals surface area contributed by atoms with Crippen LogP contribution in [-0.2, 0) is 11.3 Å². The molecule has 0 aliphatic carbocycles. The summed E-state index contributed by atoms with van der Waals surface area (Å²) in [6.07, 6.45) is 1.62. The molecule has 166 valence electrons. The van der Waals surface area contributed by atoms with Gasteiger partial charge in [-0.1, -0.05) is 36.9 Å². The molecule has 0 radical (unpaired) electrons. The molecule has 32 heavy (non-hydrogen) atoms. The molecule has 1 heterocycles. The molecular formula is C25H26F2N4O. The quantitative estimate of drug-likeness (QED) is 0.313. The van der Waals surface area contributed by atoms with E-state index in [-0.39, 0.29) is 12.3 Å². The number of nitrogens with zero attached hydrogens (tertiary/aromatic N) is 2. The second kappa shape index (κ2) is 9.30. The number of halogens is 2. The van der Waals surface area contributed by atoms with E-state index in [4.69, 9.17) is 5.11 Å². The van der Waals surface area contributed by atoms with Gasteiger partial charge in [0.05, 0.1) is 16.8 Å². The fourth-order valence-electron chi connectivity index (χ4n) is 3.27. The number of rotatable bonds is 8. The largest absolute Gasteiger partial charge is 0.376 e. The van der Waals surface area contributed by atoms with Crippen LogP contribution in [-0.4, -0.2) is 21.8 Å². The first-order valence-corrected chi connectivity index (χ1v) is 10.1. The van der Waals surface area contributed by atoms with E-state index >= 15 is 0 Å². The van der Waals surface area contributed by atoms with Crippen LogP contribution >= 0.6 is 0 Å². The Kier molecular flexibility index (Phi) is 6.72. The number of alkyl halides is 2. The van der Waals surface area contributed by atoms with Crippen molar-refractivity contribution in [2.24, 2.45) is 0 Å². The normalized spacial score (nSPS) is 11.6. The zero-order chi connectivity index (χ0) is 23.4. The zero-order valence-electron chi connectivity index (χ0n) is 18.3. The fourth-order valence-corrected chi connectivity index (χ4v) is 3.27. The van der Waals surface area contributed by atoms with Crippen molar-refractivity contribution in [1.82, 2.24) is 9.97 Å². The Labute approximate surface area is 186 Å². The summed E-state index contributed by atoms with van der Waals surface area (Å²) in [5.41, 5.74) is 6.14. The van der Waals surface area contributed by atoms with Gasteiger partial charge in [-0.15, -0.1) is 5.73 Å². The summed E-state index contributed by atoms with van der Waals surface area (Å²) < 4.78 is 27.3. The van der Waals surface area contributed by atoms with E-state index in [1.54, 1.807) is 18.3 Å². The molecular weight excluding hydrogens is 410 g/mol. The van der Waals surface area contributed by atoms with Crippen LogP contribution in [0.15, 0.2) is 78.8 Å². The lowest BCUT2D eigenvalue weighted by atomic mass is 9.85. The second-order valence-corrected chi connectivity index (χ2v) is 7.95. The van der Waals surface area contributed by atoms with Gasteiger partial charge in [0, 0.05) is 24.4 Å². The molecule has 3 rings (SSSR count). The minimum atomic E-state index is -2.89. The lowest BCUT2D eigenvalue weighted by Crippen LogP contribution is -2.26. The van der Waals surface area contributed by atoms with Crippen LogP contribution in [0.4, 0.5) is 20.4 Å². The number of nitrogens with one attached hydrogen (secondary N) is 2. The van der Waals surface area contributed by atoms with E-state index in [0.717, 1.165) is 29.4 Å². The minimum Gasteiger partial charge on any atom is -0.376 e. The van der Waals surface area contributed by atoms with E-state index in [1.807, 2.05) is 44.2 Å². The molecule has 0 aliphatic heterocycles. The molecule has 0 saturated heterocycles. The van der Waals surface area contributed by atoms with Crippen LogP contribution in [0, 0.1) is 0 Å². The van der Waals surface area contributed by atoms with Gasteiger partial charge in [-0.2, -0.15) is 0 Å². The third kappa shape index (κ3) is 5.19. The van der Waals surface area contributed by atoms with Crippen molar-refractivity contribution in [2.75, 3.05) is 17.4 Å². The van der Waals surface area contributed by atoms with Crippen LogP contribution < -0.4 is 10.6 Å². The summed E-state index contributed by atoms with van der Waals surface area (Å²) >= 11 is 0. The van der Waals surface area contributed by atoms with E-state index in [9.17, 15) is 8.78 Å². The number of anilines is 2. The van der Waals surface area contributed by atoms with Crippen molar-refractivity contribution in [3.8, 4) is 11.1 Å². The molecule has 3 N–H and O–H groups in total. The molecule has 7 heteroatoms. The number of benzene rings is 2. The lowest BCUT2D eigenvalue weighted by Gasteiger charge is -2.27. The molecule has 0 amide bonds. The molecule has 0 atom stereocenters. The van der Waals surface area contributed by atoms with Gasteiger partial charge >= 0.3 is 0 Å². The SMILES string of the molecule is C=C=C(Nc1ccc(-c2cccc(C(C)(F)F)c2)cc1)C(C)(C)c1ccnc(NCO)n1. The van der Waals surface area contributed by atoms with Crippen molar-refractivity contribution in [3.05, 3.63) is 90.1 Å². The molecule has 0 spiro atoms. The number of aromatic nitrogens is 2. The topological polar surface area (TPSA) is 70.1 Å². The number of allylic oxidation sites excluding steroid dienone is 1. The predicted molar refractivity (Wildman–Crippen MR) is 123 cm³/mol. The van der Waals surface area contributed by atoms with E-state index in [0.29, 0.717) is 11.6 Å². The Morgan fingerprint density at radius 2 is 1.78 bits per heavy atom. The van der Waals surface area contributed by atoms with E-state index < -0.39 is 11.3 Å². The smallest absolute Gasteiger partial charge is 0.270 e. The Morgan fingerprint density at radius 3 is 2.41 bits per heavy atom. The molecule has 0 bridgehead atoms.